The van der Waals surface area contributed by atoms with Gasteiger partial charge in [0.15, 0.2) is 0 Å². The second-order valence-corrected chi connectivity index (χ2v) is 6.56. The molecule has 96 valence electrons. The van der Waals surface area contributed by atoms with Crippen LogP contribution in [0.2, 0.25) is 0 Å². The van der Waals surface area contributed by atoms with Crippen molar-refractivity contribution in [2.75, 3.05) is 0 Å². The van der Waals surface area contributed by atoms with Crippen molar-refractivity contribution in [2.24, 2.45) is 11.8 Å². The van der Waals surface area contributed by atoms with Crippen LogP contribution in [0.25, 0.3) is 0 Å². The highest BCUT2D eigenvalue weighted by Gasteiger charge is 2.44. The number of amides is 1. The van der Waals surface area contributed by atoms with Gasteiger partial charge in [-0.1, -0.05) is 35.0 Å². The zero-order valence-corrected chi connectivity index (χ0v) is 12.2. The molecule has 1 aromatic carbocycles. The zero-order chi connectivity index (χ0) is 12.7. The fourth-order valence-corrected chi connectivity index (χ4v) is 2.93. The van der Waals surface area contributed by atoms with Crippen molar-refractivity contribution >= 4 is 21.8 Å². The Kier molecular flexibility index (Phi) is 3.18. The standard InChI is InChI=1S/C15H18BrNO/c1-10-7-14(10)15(18)17(13-5-6-13)9-11-3-2-4-12(16)8-11/h2-4,8,10,13-14H,5-7,9H2,1H3. The van der Waals surface area contributed by atoms with Crippen molar-refractivity contribution in [2.45, 2.75) is 38.8 Å². The first-order valence-electron chi connectivity index (χ1n) is 6.70. The summed E-state index contributed by atoms with van der Waals surface area (Å²) in [4.78, 5) is 14.5. The average molecular weight is 308 g/mol. The van der Waals surface area contributed by atoms with Crippen LogP contribution >= 0.6 is 15.9 Å². The molecule has 18 heavy (non-hydrogen) atoms. The molecule has 2 atom stereocenters. The Labute approximate surface area is 116 Å². The number of carbonyl (C=O) groups excluding carboxylic acids is 1. The lowest BCUT2D eigenvalue weighted by Crippen LogP contribution is -2.34. The molecule has 3 heteroatoms. The van der Waals surface area contributed by atoms with Crippen LogP contribution < -0.4 is 0 Å². The zero-order valence-electron chi connectivity index (χ0n) is 10.6. The van der Waals surface area contributed by atoms with Gasteiger partial charge in [-0.05, 0) is 42.9 Å². The summed E-state index contributed by atoms with van der Waals surface area (Å²) in [6.07, 6.45) is 3.45. The van der Waals surface area contributed by atoms with Gasteiger partial charge in [0.05, 0.1) is 0 Å². The van der Waals surface area contributed by atoms with Crippen LogP contribution in [0.1, 0.15) is 31.7 Å². The predicted octanol–water partition coefficient (Wildman–Crippen LogP) is 3.60. The van der Waals surface area contributed by atoms with Gasteiger partial charge in [-0.3, -0.25) is 4.79 Å². The summed E-state index contributed by atoms with van der Waals surface area (Å²) >= 11 is 3.49. The Morgan fingerprint density at radius 3 is 2.72 bits per heavy atom. The van der Waals surface area contributed by atoms with Gasteiger partial charge in [-0.25, -0.2) is 0 Å². The first-order valence-corrected chi connectivity index (χ1v) is 7.49. The summed E-state index contributed by atoms with van der Waals surface area (Å²) in [5, 5.41) is 0. The van der Waals surface area contributed by atoms with Crippen LogP contribution in [0.15, 0.2) is 28.7 Å². The van der Waals surface area contributed by atoms with Gasteiger partial charge in [0.25, 0.3) is 0 Å². The molecule has 2 aliphatic rings. The van der Waals surface area contributed by atoms with Crippen molar-refractivity contribution in [3.05, 3.63) is 34.3 Å². The van der Waals surface area contributed by atoms with Crippen molar-refractivity contribution in [1.29, 1.82) is 0 Å². The minimum Gasteiger partial charge on any atom is -0.335 e. The number of benzene rings is 1. The first kappa shape index (κ1) is 12.2. The summed E-state index contributed by atoms with van der Waals surface area (Å²) in [6, 6.07) is 8.77. The second kappa shape index (κ2) is 4.69. The number of hydrogen-bond donors (Lipinski definition) is 0. The molecule has 0 radical (unpaired) electrons. The number of nitrogens with zero attached hydrogens (tertiary/aromatic N) is 1. The molecule has 2 saturated carbocycles. The Bertz CT molecular complexity index is 469. The Balaban J connectivity index is 1.72. The first-order chi connectivity index (χ1) is 8.65. The van der Waals surface area contributed by atoms with Crippen LogP contribution in [-0.2, 0) is 11.3 Å². The SMILES string of the molecule is CC1CC1C(=O)N(Cc1cccc(Br)c1)C1CC1. The van der Waals surface area contributed by atoms with E-state index in [4.69, 9.17) is 0 Å². The van der Waals surface area contributed by atoms with Gasteiger partial charge in [0.2, 0.25) is 5.91 Å². The maximum Gasteiger partial charge on any atom is 0.226 e. The van der Waals surface area contributed by atoms with Crippen molar-refractivity contribution in [3.8, 4) is 0 Å². The van der Waals surface area contributed by atoms with Gasteiger partial charge >= 0.3 is 0 Å². The van der Waals surface area contributed by atoms with Crippen LogP contribution in [-0.4, -0.2) is 16.8 Å². The molecule has 2 unspecified atom stereocenters. The van der Waals surface area contributed by atoms with E-state index >= 15 is 0 Å². The van der Waals surface area contributed by atoms with Crippen molar-refractivity contribution < 1.29 is 4.79 Å². The van der Waals surface area contributed by atoms with E-state index in [1.807, 2.05) is 12.1 Å². The van der Waals surface area contributed by atoms with Gasteiger partial charge in [0, 0.05) is 23.0 Å². The van der Waals surface area contributed by atoms with Gasteiger partial charge in [0.1, 0.15) is 0 Å². The highest BCUT2D eigenvalue weighted by atomic mass is 79.9. The van der Waals surface area contributed by atoms with Crippen LogP contribution in [0, 0.1) is 11.8 Å². The largest absolute Gasteiger partial charge is 0.335 e. The Morgan fingerprint density at radius 1 is 1.44 bits per heavy atom. The van der Waals surface area contributed by atoms with E-state index in [1.54, 1.807) is 0 Å². The molecular formula is C15H18BrNO. The smallest absolute Gasteiger partial charge is 0.226 e. The van der Waals surface area contributed by atoms with E-state index in [0.29, 0.717) is 23.8 Å². The van der Waals surface area contributed by atoms with E-state index in [0.717, 1.165) is 17.4 Å². The van der Waals surface area contributed by atoms with Crippen LogP contribution in [0.4, 0.5) is 0 Å². The number of rotatable bonds is 4. The maximum atomic E-state index is 12.4. The fraction of sp³-hybridized carbons (Fsp3) is 0.533. The van der Waals surface area contributed by atoms with Crippen LogP contribution in [0.3, 0.4) is 0 Å². The topological polar surface area (TPSA) is 20.3 Å². The lowest BCUT2D eigenvalue weighted by Gasteiger charge is -2.23. The highest BCUT2D eigenvalue weighted by Crippen LogP contribution is 2.42. The Morgan fingerprint density at radius 2 is 2.17 bits per heavy atom. The summed E-state index contributed by atoms with van der Waals surface area (Å²) < 4.78 is 1.09. The lowest BCUT2D eigenvalue weighted by molar-refractivity contribution is -0.134. The van der Waals surface area contributed by atoms with Crippen molar-refractivity contribution in [3.63, 3.8) is 0 Å². The molecule has 0 aromatic heterocycles. The molecular weight excluding hydrogens is 290 g/mol. The van der Waals surface area contributed by atoms with E-state index < -0.39 is 0 Å². The van der Waals surface area contributed by atoms with Gasteiger partial charge in [-0.2, -0.15) is 0 Å². The monoisotopic (exact) mass is 307 g/mol. The molecule has 0 aliphatic heterocycles. The minimum atomic E-state index is 0.303. The number of halogens is 1. The molecule has 1 amide bonds. The third-order valence-electron chi connectivity index (χ3n) is 3.94. The second-order valence-electron chi connectivity index (χ2n) is 5.65. The summed E-state index contributed by atoms with van der Waals surface area (Å²) in [6.45, 7) is 2.94. The van der Waals surface area contributed by atoms with Crippen molar-refractivity contribution in [1.82, 2.24) is 4.90 Å². The summed E-state index contributed by atoms with van der Waals surface area (Å²) in [5.74, 6) is 1.28. The summed E-state index contributed by atoms with van der Waals surface area (Å²) in [5.41, 5.74) is 1.22. The van der Waals surface area contributed by atoms with Gasteiger partial charge in [-0.15, -0.1) is 0 Å². The molecule has 0 heterocycles. The lowest BCUT2D eigenvalue weighted by atomic mass is 10.2. The average Bonchev–Trinajstić information content (AvgIpc) is 3.21. The summed E-state index contributed by atoms with van der Waals surface area (Å²) in [7, 11) is 0. The Hall–Kier alpha value is -0.830. The van der Waals surface area contributed by atoms with E-state index in [-0.39, 0.29) is 0 Å². The third kappa shape index (κ3) is 2.61. The van der Waals surface area contributed by atoms with Crippen LogP contribution in [0.5, 0.6) is 0 Å². The third-order valence-corrected chi connectivity index (χ3v) is 4.43. The normalized spacial score (nSPS) is 25.9. The van der Waals surface area contributed by atoms with E-state index in [9.17, 15) is 4.79 Å². The van der Waals surface area contributed by atoms with Gasteiger partial charge < -0.3 is 4.90 Å². The molecule has 2 aliphatic carbocycles. The number of hydrogen-bond acceptors (Lipinski definition) is 1. The molecule has 1 aromatic rings. The molecule has 2 fully saturated rings. The molecule has 0 spiro atoms. The number of carbonyl (C=O) groups is 1. The van der Waals surface area contributed by atoms with E-state index in [1.165, 1.54) is 18.4 Å². The molecule has 3 rings (SSSR count). The predicted molar refractivity (Wildman–Crippen MR) is 75.0 cm³/mol. The van der Waals surface area contributed by atoms with E-state index in [2.05, 4.69) is 39.9 Å². The quantitative estimate of drug-likeness (QED) is 0.832. The fourth-order valence-electron chi connectivity index (χ4n) is 2.48. The molecule has 0 N–H and O–H groups in total. The highest BCUT2D eigenvalue weighted by molar-refractivity contribution is 9.10. The molecule has 0 saturated heterocycles. The molecule has 2 nitrogen and oxygen atoms in total. The molecule has 0 bridgehead atoms. The maximum absolute atomic E-state index is 12.4. The minimum absolute atomic E-state index is 0.303.